The van der Waals surface area contributed by atoms with Crippen molar-refractivity contribution in [1.82, 2.24) is 0 Å². The van der Waals surface area contributed by atoms with Gasteiger partial charge in [-0.1, -0.05) is 24.3 Å². The van der Waals surface area contributed by atoms with Crippen LogP contribution in [0.25, 0.3) is 0 Å². The highest BCUT2D eigenvalue weighted by molar-refractivity contribution is 8.00. The van der Waals surface area contributed by atoms with E-state index in [4.69, 9.17) is 14.2 Å². The molecule has 2 amide bonds. The third kappa shape index (κ3) is 5.93. The summed E-state index contributed by atoms with van der Waals surface area (Å²) in [5.41, 5.74) is 1.29. The molecule has 0 bridgehead atoms. The molecule has 0 aromatic heterocycles. The summed E-state index contributed by atoms with van der Waals surface area (Å²) >= 11 is 1.37. The van der Waals surface area contributed by atoms with Crippen molar-refractivity contribution in [2.45, 2.75) is 4.90 Å². The largest absolute Gasteiger partial charge is 0.484 e. The zero-order valence-corrected chi connectivity index (χ0v) is 17.3. The van der Waals surface area contributed by atoms with E-state index < -0.39 is 0 Å². The molecule has 7 nitrogen and oxygen atoms in total. The number of carbonyl (C=O) groups is 2. The molecule has 3 aromatic rings. The Bertz CT molecular complexity index is 1070. The lowest BCUT2D eigenvalue weighted by molar-refractivity contribution is -0.118. The molecule has 0 unspecified atom stereocenters. The van der Waals surface area contributed by atoms with Gasteiger partial charge < -0.3 is 24.8 Å². The Morgan fingerprint density at radius 1 is 0.839 bits per heavy atom. The number of para-hydroxylation sites is 1. The first-order valence-electron chi connectivity index (χ1n) is 9.56. The number of fused-ring (bicyclic) bond motifs is 1. The highest BCUT2D eigenvalue weighted by Gasteiger charge is 2.14. The second-order valence-electron chi connectivity index (χ2n) is 6.58. The summed E-state index contributed by atoms with van der Waals surface area (Å²) < 4.78 is 16.0. The fourth-order valence-electron chi connectivity index (χ4n) is 2.85. The lowest BCUT2D eigenvalue weighted by atomic mass is 10.3. The van der Waals surface area contributed by atoms with Gasteiger partial charge in [-0.25, -0.2) is 0 Å². The Morgan fingerprint density at radius 3 is 2.48 bits per heavy atom. The molecule has 0 atom stereocenters. The van der Waals surface area contributed by atoms with Gasteiger partial charge in [-0.2, -0.15) is 0 Å². The number of ether oxygens (including phenoxy) is 3. The fourth-order valence-corrected chi connectivity index (χ4v) is 3.60. The van der Waals surface area contributed by atoms with Gasteiger partial charge in [0, 0.05) is 22.3 Å². The Labute approximate surface area is 183 Å². The van der Waals surface area contributed by atoms with Crippen LogP contribution in [-0.2, 0) is 9.59 Å². The number of amides is 2. The van der Waals surface area contributed by atoms with Gasteiger partial charge in [0.1, 0.15) is 5.75 Å². The van der Waals surface area contributed by atoms with Gasteiger partial charge >= 0.3 is 0 Å². The van der Waals surface area contributed by atoms with Crippen molar-refractivity contribution in [3.05, 3.63) is 72.8 Å². The number of hydrogen-bond acceptors (Lipinski definition) is 6. The molecule has 1 aliphatic heterocycles. The van der Waals surface area contributed by atoms with E-state index in [0.717, 1.165) is 4.90 Å². The van der Waals surface area contributed by atoms with E-state index in [9.17, 15) is 9.59 Å². The Morgan fingerprint density at radius 2 is 1.61 bits per heavy atom. The molecule has 158 valence electrons. The van der Waals surface area contributed by atoms with Crippen molar-refractivity contribution in [3.8, 4) is 17.2 Å². The summed E-state index contributed by atoms with van der Waals surface area (Å²) in [4.78, 5) is 25.3. The summed E-state index contributed by atoms with van der Waals surface area (Å²) in [6.45, 7) is 0.104. The number of carbonyl (C=O) groups excluding carboxylic acids is 2. The van der Waals surface area contributed by atoms with Crippen LogP contribution in [0.2, 0.25) is 0 Å². The van der Waals surface area contributed by atoms with Gasteiger partial charge in [0.25, 0.3) is 5.91 Å². The van der Waals surface area contributed by atoms with E-state index in [-0.39, 0.29) is 31.0 Å². The van der Waals surface area contributed by atoms with Gasteiger partial charge in [-0.05, 0) is 42.5 Å². The third-order valence-electron chi connectivity index (χ3n) is 4.26. The third-order valence-corrected chi connectivity index (χ3v) is 5.25. The smallest absolute Gasteiger partial charge is 0.262 e. The molecule has 2 N–H and O–H groups in total. The normalized spacial score (nSPS) is 11.6. The van der Waals surface area contributed by atoms with E-state index in [2.05, 4.69) is 10.6 Å². The quantitative estimate of drug-likeness (QED) is 0.516. The van der Waals surface area contributed by atoms with Gasteiger partial charge in [-0.15, -0.1) is 11.8 Å². The molecule has 31 heavy (non-hydrogen) atoms. The SMILES string of the molecule is O=C(COc1ccccc1)Nc1cccc(SCC(=O)Nc2ccc3c(c2)OCO3)c1. The number of nitrogens with one attached hydrogen (secondary N) is 2. The van der Waals surface area contributed by atoms with Crippen LogP contribution in [0.4, 0.5) is 11.4 Å². The van der Waals surface area contributed by atoms with Crippen LogP contribution in [-0.4, -0.2) is 31.0 Å². The molecule has 4 rings (SSSR count). The van der Waals surface area contributed by atoms with Crippen LogP contribution in [0, 0.1) is 0 Å². The number of rotatable bonds is 8. The van der Waals surface area contributed by atoms with E-state index in [1.54, 1.807) is 36.4 Å². The maximum absolute atomic E-state index is 12.3. The van der Waals surface area contributed by atoms with Crippen molar-refractivity contribution >= 4 is 35.0 Å². The zero-order chi connectivity index (χ0) is 21.5. The molecule has 8 heteroatoms. The molecule has 1 heterocycles. The zero-order valence-electron chi connectivity index (χ0n) is 16.5. The van der Waals surface area contributed by atoms with Crippen LogP contribution in [0.15, 0.2) is 77.7 Å². The minimum Gasteiger partial charge on any atom is -0.484 e. The minimum atomic E-state index is -0.258. The Hall–Kier alpha value is -3.65. The molecule has 3 aromatic carbocycles. The average Bonchev–Trinajstić information content (AvgIpc) is 3.25. The number of benzene rings is 3. The number of anilines is 2. The van der Waals surface area contributed by atoms with Crippen LogP contribution in [0.5, 0.6) is 17.2 Å². The lowest BCUT2D eigenvalue weighted by Gasteiger charge is -2.09. The van der Waals surface area contributed by atoms with E-state index >= 15 is 0 Å². The van der Waals surface area contributed by atoms with Crippen LogP contribution >= 0.6 is 11.8 Å². The minimum absolute atomic E-state index is 0.0840. The van der Waals surface area contributed by atoms with E-state index in [0.29, 0.717) is 28.6 Å². The predicted molar refractivity (Wildman–Crippen MR) is 119 cm³/mol. The van der Waals surface area contributed by atoms with Crippen LogP contribution < -0.4 is 24.8 Å². The monoisotopic (exact) mass is 436 g/mol. The van der Waals surface area contributed by atoms with Gasteiger partial charge in [0.2, 0.25) is 12.7 Å². The van der Waals surface area contributed by atoms with Crippen molar-refractivity contribution in [2.75, 3.05) is 29.8 Å². The average molecular weight is 436 g/mol. The summed E-state index contributed by atoms with van der Waals surface area (Å²) in [6, 6.07) is 21.7. The van der Waals surface area contributed by atoms with Crippen molar-refractivity contribution in [1.29, 1.82) is 0 Å². The maximum Gasteiger partial charge on any atom is 0.262 e. The Kier molecular flexibility index (Phi) is 6.59. The molecule has 0 saturated carbocycles. The highest BCUT2D eigenvalue weighted by atomic mass is 32.2. The van der Waals surface area contributed by atoms with Gasteiger partial charge in [0.15, 0.2) is 18.1 Å². The summed E-state index contributed by atoms with van der Waals surface area (Å²) in [6.07, 6.45) is 0. The standard InChI is InChI=1S/C23H20N2O5S/c26-22(13-28-18-6-2-1-3-7-18)24-16-5-4-8-19(11-16)31-14-23(27)25-17-9-10-20-21(12-17)30-15-29-20/h1-12H,13-15H2,(H,24,26)(H,25,27). The predicted octanol–water partition coefficient (Wildman–Crippen LogP) is 4.16. The van der Waals surface area contributed by atoms with E-state index in [1.807, 2.05) is 36.4 Å². The molecule has 0 aliphatic carbocycles. The molecular formula is C23H20N2O5S. The van der Waals surface area contributed by atoms with Crippen molar-refractivity contribution in [2.24, 2.45) is 0 Å². The van der Waals surface area contributed by atoms with Crippen LogP contribution in [0.1, 0.15) is 0 Å². The van der Waals surface area contributed by atoms with E-state index in [1.165, 1.54) is 11.8 Å². The number of hydrogen-bond donors (Lipinski definition) is 2. The maximum atomic E-state index is 12.3. The summed E-state index contributed by atoms with van der Waals surface area (Å²) in [5.74, 6) is 1.74. The Balaban J connectivity index is 1.25. The first-order valence-corrected chi connectivity index (χ1v) is 10.5. The first kappa shape index (κ1) is 20.6. The second-order valence-corrected chi connectivity index (χ2v) is 7.63. The molecule has 0 fully saturated rings. The summed E-state index contributed by atoms with van der Waals surface area (Å²) in [7, 11) is 0. The molecule has 0 saturated heterocycles. The molecule has 1 aliphatic rings. The van der Waals surface area contributed by atoms with Crippen LogP contribution in [0.3, 0.4) is 0 Å². The molecule has 0 radical (unpaired) electrons. The van der Waals surface area contributed by atoms with Gasteiger partial charge in [-0.3, -0.25) is 9.59 Å². The first-order chi connectivity index (χ1) is 15.2. The number of thioether (sulfide) groups is 1. The lowest BCUT2D eigenvalue weighted by Crippen LogP contribution is -2.20. The topological polar surface area (TPSA) is 85.9 Å². The molecular weight excluding hydrogens is 416 g/mol. The molecule has 0 spiro atoms. The second kappa shape index (κ2) is 9.90. The van der Waals surface area contributed by atoms with Crippen molar-refractivity contribution < 1.29 is 23.8 Å². The van der Waals surface area contributed by atoms with Gasteiger partial charge in [0.05, 0.1) is 5.75 Å². The highest BCUT2D eigenvalue weighted by Crippen LogP contribution is 2.34. The summed E-state index contributed by atoms with van der Waals surface area (Å²) in [5, 5.41) is 5.64. The fraction of sp³-hybridized carbons (Fsp3) is 0.130. The van der Waals surface area contributed by atoms with Crippen molar-refractivity contribution in [3.63, 3.8) is 0 Å².